The van der Waals surface area contributed by atoms with Crippen molar-refractivity contribution in [2.24, 2.45) is 0 Å². The van der Waals surface area contributed by atoms with E-state index in [1.165, 1.54) is 0 Å². The summed E-state index contributed by atoms with van der Waals surface area (Å²) in [6.45, 7) is 0.483. The monoisotopic (exact) mass is 289 g/mol. The van der Waals surface area contributed by atoms with Gasteiger partial charge in [0, 0.05) is 17.8 Å². The second-order valence-corrected chi connectivity index (χ2v) is 4.90. The molecule has 2 aromatic carbocycles. The third-order valence-corrected chi connectivity index (χ3v) is 3.58. The number of hydrogen-bond acceptors (Lipinski definition) is 4. The first-order chi connectivity index (χ1) is 10.8. The van der Waals surface area contributed by atoms with E-state index < -0.39 is 0 Å². The highest BCUT2D eigenvalue weighted by Gasteiger charge is 2.09. The lowest BCUT2D eigenvalue weighted by atomic mass is 10.1. The van der Waals surface area contributed by atoms with Gasteiger partial charge in [0.1, 0.15) is 5.75 Å². The number of rotatable bonds is 4. The van der Waals surface area contributed by atoms with Gasteiger partial charge < -0.3 is 4.74 Å². The number of anilines is 1. The molecule has 4 nitrogen and oxygen atoms in total. The van der Waals surface area contributed by atoms with E-state index in [2.05, 4.69) is 17.2 Å². The lowest BCUT2D eigenvalue weighted by Crippen LogP contribution is -2.16. The fourth-order valence-corrected chi connectivity index (χ4v) is 2.42. The van der Waals surface area contributed by atoms with Gasteiger partial charge in [0.15, 0.2) is 6.19 Å². The Kier molecular flexibility index (Phi) is 3.88. The molecule has 1 heterocycles. The molecule has 4 heteroatoms. The van der Waals surface area contributed by atoms with E-state index in [4.69, 9.17) is 4.74 Å². The minimum absolute atomic E-state index is 0.483. The Labute approximate surface area is 129 Å². The molecule has 0 fully saturated rings. The van der Waals surface area contributed by atoms with E-state index >= 15 is 0 Å². The molecular formula is C18H15N3O. The molecular weight excluding hydrogens is 274 g/mol. The van der Waals surface area contributed by atoms with Crippen LogP contribution in [-0.4, -0.2) is 12.1 Å². The maximum atomic E-state index is 9.46. The van der Waals surface area contributed by atoms with Crippen LogP contribution in [0.1, 0.15) is 5.56 Å². The Morgan fingerprint density at radius 3 is 2.59 bits per heavy atom. The van der Waals surface area contributed by atoms with Crippen LogP contribution >= 0.6 is 0 Å². The number of aromatic nitrogens is 1. The van der Waals surface area contributed by atoms with E-state index in [0.29, 0.717) is 6.54 Å². The Morgan fingerprint density at radius 1 is 1.09 bits per heavy atom. The average molecular weight is 289 g/mol. The van der Waals surface area contributed by atoms with Gasteiger partial charge in [-0.2, -0.15) is 5.26 Å². The molecule has 0 spiro atoms. The topological polar surface area (TPSA) is 49.1 Å². The van der Waals surface area contributed by atoms with Crippen LogP contribution in [0.4, 0.5) is 5.69 Å². The molecule has 0 radical (unpaired) electrons. The zero-order valence-corrected chi connectivity index (χ0v) is 12.2. The molecule has 0 aliphatic carbocycles. The number of fused-ring (bicyclic) bond motifs is 1. The molecule has 3 rings (SSSR count). The van der Waals surface area contributed by atoms with Crippen LogP contribution in [0.2, 0.25) is 0 Å². The van der Waals surface area contributed by atoms with Gasteiger partial charge in [-0.05, 0) is 35.2 Å². The second-order valence-electron chi connectivity index (χ2n) is 4.90. The van der Waals surface area contributed by atoms with Gasteiger partial charge in [0.2, 0.25) is 0 Å². The minimum atomic E-state index is 0.483. The largest absolute Gasteiger partial charge is 0.497 e. The maximum Gasteiger partial charge on any atom is 0.184 e. The molecule has 3 aromatic rings. The second kappa shape index (κ2) is 6.15. The van der Waals surface area contributed by atoms with E-state index in [1.54, 1.807) is 12.0 Å². The predicted molar refractivity (Wildman–Crippen MR) is 86.5 cm³/mol. The molecule has 0 bridgehead atoms. The van der Waals surface area contributed by atoms with E-state index in [1.807, 2.05) is 54.9 Å². The van der Waals surface area contributed by atoms with Crippen LogP contribution < -0.4 is 9.64 Å². The van der Waals surface area contributed by atoms with Crippen LogP contribution in [0.25, 0.3) is 10.8 Å². The van der Waals surface area contributed by atoms with Crippen LogP contribution in [0.3, 0.4) is 0 Å². The summed E-state index contributed by atoms with van der Waals surface area (Å²) < 4.78 is 5.15. The van der Waals surface area contributed by atoms with Crippen molar-refractivity contribution in [2.45, 2.75) is 6.54 Å². The molecule has 1 aromatic heterocycles. The van der Waals surface area contributed by atoms with Gasteiger partial charge >= 0.3 is 0 Å². The predicted octanol–water partition coefficient (Wildman–Crippen LogP) is 3.73. The van der Waals surface area contributed by atoms with Crippen LogP contribution in [0.5, 0.6) is 5.75 Å². The van der Waals surface area contributed by atoms with Crippen molar-refractivity contribution >= 4 is 16.5 Å². The van der Waals surface area contributed by atoms with Crippen molar-refractivity contribution < 1.29 is 4.74 Å². The Morgan fingerprint density at radius 2 is 1.86 bits per heavy atom. The summed E-state index contributed by atoms with van der Waals surface area (Å²) in [5.41, 5.74) is 1.85. The quantitative estimate of drug-likeness (QED) is 0.542. The van der Waals surface area contributed by atoms with Gasteiger partial charge in [-0.25, -0.2) is 0 Å². The van der Waals surface area contributed by atoms with Crippen molar-refractivity contribution in [3.8, 4) is 11.9 Å². The smallest absolute Gasteiger partial charge is 0.184 e. The standard InChI is InChI=1S/C18H15N3O/c1-22-17-8-6-16(7-9-17)21(13-19)12-15-11-20-10-14-4-2-3-5-18(14)15/h2-11H,12H2,1H3. The minimum Gasteiger partial charge on any atom is -0.497 e. The molecule has 0 saturated heterocycles. The van der Waals surface area contributed by atoms with Crippen molar-refractivity contribution in [2.75, 3.05) is 12.0 Å². The van der Waals surface area contributed by atoms with Crippen molar-refractivity contribution in [1.82, 2.24) is 4.98 Å². The van der Waals surface area contributed by atoms with Gasteiger partial charge in [-0.15, -0.1) is 0 Å². The number of nitriles is 1. The fourth-order valence-electron chi connectivity index (χ4n) is 2.42. The third kappa shape index (κ3) is 2.70. The van der Waals surface area contributed by atoms with E-state index in [-0.39, 0.29) is 0 Å². The molecule has 0 aliphatic rings. The first-order valence-electron chi connectivity index (χ1n) is 6.95. The van der Waals surface area contributed by atoms with Gasteiger partial charge in [-0.3, -0.25) is 9.88 Å². The van der Waals surface area contributed by atoms with E-state index in [9.17, 15) is 5.26 Å². The molecule has 0 aliphatic heterocycles. The molecule has 22 heavy (non-hydrogen) atoms. The summed E-state index contributed by atoms with van der Waals surface area (Å²) in [5.74, 6) is 0.772. The first-order valence-corrected chi connectivity index (χ1v) is 6.95. The van der Waals surface area contributed by atoms with Crippen LogP contribution in [0.15, 0.2) is 60.9 Å². The zero-order chi connectivity index (χ0) is 15.4. The molecule has 108 valence electrons. The van der Waals surface area contributed by atoms with Gasteiger partial charge in [0.25, 0.3) is 0 Å². The lowest BCUT2D eigenvalue weighted by molar-refractivity contribution is 0.415. The third-order valence-electron chi connectivity index (χ3n) is 3.58. The van der Waals surface area contributed by atoms with Crippen molar-refractivity contribution in [1.29, 1.82) is 5.26 Å². The van der Waals surface area contributed by atoms with Crippen LogP contribution in [0, 0.1) is 11.5 Å². The number of benzene rings is 2. The summed E-state index contributed by atoms with van der Waals surface area (Å²) in [6, 6.07) is 15.5. The molecule has 0 saturated carbocycles. The summed E-state index contributed by atoms with van der Waals surface area (Å²) in [7, 11) is 1.62. The molecule has 0 amide bonds. The summed E-state index contributed by atoms with van der Waals surface area (Å²) in [5, 5.41) is 11.7. The SMILES string of the molecule is COc1ccc(N(C#N)Cc2cncc3ccccc23)cc1. The highest BCUT2D eigenvalue weighted by molar-refractivity contribution is 5.84. The first kappa shape index (κ1) is 13.9. The Balaban J connectivity index is 1.93. The molecule has 0 unspecified atom stereocenters. The summed E-state index contributed by atoms with van der Waals surface area (Å²) in [6.07, 6.45) is 5.89. The fraction of sp³-hybridized carbons (Fsp3) is 0.111. The number of pyridine rings is 1. The summed E-state index contributed by atoms with van der Waals surface area (Å²) >= 11 is 0. The Bertz CT molecular complexity index is 816. The van der Waals surface area contributed by atoms with Crippen molar-refractivity contribution in [3.05, 3.63) is 66.5 Å². The number of nitrogens with zero attached hydrogens (tertiary/aromatic N) is 3. The number of methoxy groups -OCH3 is 1. The highest BCUT2D eigenvalue weighted by Crippen LogP contribution is 2.23. The summed E-state index contributed by atoms with van der Waals surface area (Å²) in [4.78, 5) is 5.91. The number of ether oxygens (including phenoxy) is 1. The van der Waals surface area contributed by atoms with Crippen molar-refractivity contribution in [3.63, 3.8) is 0 Å². The molecule has 0 N–H and O–H groups in total. The average Bonchev–Trinajstić information content (AvgIpc) is 2.60. The van der Waals surface area contributed by atoms with Gasteiger partial charge in [0.05, 0.1) is 19.3 Å². The van der Waals surface area contributed by atoms with Gasteiger partial charge in [-0.1, -0.05) is 24.3 Å². The molecule has 0 atom stereocenters. The highest BCUT2D eigenvalue weighted by atomic mass is 16.5. The maximum absolute atomic E-state index is 9.46. The lowest BCUT2D eigenvalue weighted by Gasteiger charge is -2.17. The number of hydrogen-bond donors (Lipinski definition) is 0. The van der Waals surface area contributed by atoms with E-state index in [0.717, 1.165) is 27.8 Å². The Hall–Kier alpha value is -3.06. The van der Waals surface area contributed by atoms with Crippen LogP contribution in [-0.2, 0) is 6.54 Å². The zero-order valence-electron chi connectivity index (χ0n) is 12.2. The normalized spacial score (nSPS) is 10.2.